The Morgan fingerprint density at radius 2 is 2.04 bits per heavy atom. The molecule has 2 rings (SSSR count). The van der Waals surface area contributed by atoms with Crippen molar-refractivity contribution < 1.29 is 9.90 Å². The third-order valence-electron chi connectivity index (χ3n) is 5.13. The first-order valence-corrected chi connectivity index (χ1v) is 9.04. The highest BCUT2D eigenvalue weighted by atomic mass is 16.3. The molecule has 2 heterocycles. The van der Waals surface area contributed by atoms with Crippen LogP contribution < -0.4 is 11.1 Å². The SMILES string of the molecule is CC(O)C(N)C(=O)NC1(Cc2ccccn2)CCN(C(C)(C)C)CC1. The van der Waals surface area contributed by atoms with Crippen molar-refractivity contribution in [3.63, 3.8) is 0 Å². The number of aromatic nitrogens is 1. The zero-order chi connectivity index (χ0) is 18.7. The molecule has 1 aromatic heterocycles. The Morgan fingerprint density at radius 1 is 1.40 bits per heavy atom. The number of aliphatic hydroxyl groups is 1. The van der Waals surface area contributed by atoms with Crippen LogP contribution in [-0.4, -0.2) is 57.2 Å². The van der Waals surface area contributed by atoms with Gasteiger partial charge in [0.05, 0.1) is 6.10 Å². The fourth-order valence-electron chi connectivity index (χ4n) is 3.36. The van der Waals surface area contributed by atoms with Crippen LogP contribution in [-0.2, 0) is 11.2 Å². The maximum Gasteiger partial charge on any atom is 0.240 e. The summed E-state index contributed by atoms with van der Waals surface area (Å²) in [6.45, 7) is 9.97. The fourth-order valence-corrected chi connectivity index (χ4v) is 3.36. The number of hydrogen-bond donors (Lipinski definition) is 3. The van der Waals surface area contributed by atoms with Crippen LogP contribution in [0.4, 0.5) is 0 Å². The summed E-state index contributed by atoms with van der Waals surface area (Å²) in [5, 5.41) is 12.8. The quantitative estimate of drug-likeness (QED) is 0.741. The molecular weight excluding hydrogens is 316 g/mol. The largest absolute Gasteiger partial charge is 0.391 e. The monoisotopic (exact) mass is 348 g/mol. The van der Waals surface area contributed by atoms with Crippen LogP contribution in [0.15, 0.2) is 24.4 Å². The molecule has 2 unspecified atom stereocenters. The van der Waals surface area contributed by atoms with E-state index in [2.05, 4.69) is 36.0 Å². The first-order chi connectivity index (χ1) is 11.6. The molecule has 1 amide bonds. The fraction of sp³-hybridized carbons (Fsp3) is 0.684. The van der Waals surface area contributed by atoms with E-state index in [1.54, 1.807) is 6.20 Å². The number of likely N-dealkylation sites (tertiary alicyclic amines) is 1. The number of nitrogens with zero attached hydrogens (tertiary/aromatic N) is 2. The number of amides is 1. The molecule has 140 valence electrons. The second kappa shape index (κ2) is 7.81. The lowest BCUT2D eigenvalue weighted by Crippen LogP contribution is -2.62. The molecule has 1 aromatic rings. The van der Waals surface area contributed by atoms with Gasteiger partial charge in [-0.2, -0.15) is 0 Å². The minimum absolute atomic E-state index is 0.108. The van der Waals surface area contributed by atoms with Crippen LogP contribution in [0.25, 0.3) is 0 Å². The highest BCUT2D eigenvalue weighted by molar-refractivity contribution is 5.82. The Morgan fingerprint density at radius 3 is 2.52 bits per heavy atom. The zero-order valence-electron chi connectivity index (χ0n) is 15.8. The number of nitrogens with two attached hydrogens (primary N) is 1. The molecule has 0 bridgehead atoms. The number of carbonyl (C=O) groups excluding carboxylic acids is 1. The number of rotatable bonds is 5. The van der Waals surface area contributed by atoms with Crippen LogP contribution in [0.2, 0.25) is 0 Å². The van der Waals surface area contributed by atoms with Gasteiger partial charge in [-0.05, 0) is 52.7 Å². The smallest absolute Gasteiger partial charge is 0.240 e. The topological polar surface area (TPSA) is 91.5 Å². The van der Waals surface area contributed by atoms with Gasteiger partial charge in [0.1, 0.15) is 6.04 Å². The van der Waals surface area contributed by atoms with Gasteiger partial charge in [-0.15, -0.1) is 0 Å². The van der Waals surface area contributed by atoms with E-state index >= 15 is 0 Å². The van der Waals surface area contributed by atoms with E-state index in [0.717, 1.165) is 31.6 Å². The molecule has 0 aliphatic carbocycles. The standard InChI is InChI=1S/C19H32N4O2/c1-14(24)16(20)17(25)22-19(13-15-7-5-6-10-21-15)8-11-23(12-9-19)18(2,3)4/h5-7,10,14,16,24H,8-9,11-13,20H2,1-4H3,(H,22,25). The van der Waals surface area contributed by atoms with Crippen molar-refractivity contribution in [1.29, 1.82) is 0 Å². The van der Waals surface area contributed by atoms with Crippen molar-refractivity contribution in [3.05, 3.63) is 30.1 Å². The Labute approximate surface area is 150 Å². The Bertz CT molecular complexity index is 561. The van der Waals surface area contributed by atoms with Gasteiger partial charge in [0.15, 0.2) is 0 Å². The van der Waals surface area contributed by atoms with Gasteiger partial charge >= 0.3 is 0 Å². The maximum absolute atomic E-state index is 12.5. The molecule has 0 saturated carbocycles. The summed E-state index contributed by atoms with van der Waals surface area (Å²) in [6, 6.07) is 4.92. The second-order valence-electron chi connectivity index (χ2n) is 8.19. The van der Waals surface area contributed by atoms with E-state index in [1.807, 2.05) is 18.2 Å². The van der Waals surface area contributed by atoms with Gasteiger partial charge in [-0.3, -0.25) is 14.7 Å². The summed E-state index contributed by atoms with van der Waals surface area (Å²) >= 11 is 0. The van der Waals surface area contributed by atoms with Crippen molar-refractivity contribution in [2.45, 2.75) is 70.2 Å². The summed E-state index contributed by atoms with van der Waals surface area (Å²) in [5.74, 6) is -0.296. The number of pyridine rings is 1. The lowest BCUT2D eigenvalue weighted by molar-refractivity contribution is -0.127. The zero-order valence-corrected chi connectivity index (χ0v) is 15.8. The van der Waals surface area contributed by atoms with E-state index < -0.39 is 12.1 Å². The summed E-state index contributed by atoms with van der Waals surface area (Å²) in [5.41, 5.74) is 6.53. The average molecular weight is 348 g/mol. The van der Waals surface area contributed by atoms with Crippen molar-refractivity contribution in [2.24, 2.45) is 5.73 Å². The maximum atomic E-state index is 12.5. The Balaban J connectivity index is 2.16. The number of aliphatic hydroxyl groups excluding tert-OH is 1. The third kappa shape index (κ3) is 5.23. The van der Waals surface area contributed by atoms with Crippen molar-refractivity contribution in [2.75, 3.05) is 13.1 Å². The van der Waals surface area contributed by atoms with Gasteiger partial charge in [-0.1, -0.05) is 6.07 Å². The summed E-state index contributed by atoms with van der Waals surface area (Å²) in [7, 11) is 0. The van der Waals surface area contributed by atoms with E-state index in [4.69, 9.17) is 5.73 Å². The van der Waals surface area contributed by atoms with Gasteiger partial charge in [0, 0.05) is 42.5 Å². The van der Waals surface area contributed by atoms with E-state index in [9.17, 15) is 9.90 Å². The number of nitrogens with one attached hydrogen (secondary N) is 1. The van der Waals surface area contributed by atoms with Gasteiger partial charge < -0.3 is 16.2 Å². The van der Waals surface area contributed by atoms with Gasteiger partial charge in [0.2, 0.25) is 5.91 Å². The highest BCUT2D eigenvalue weighted by Crippen LogP contribution is 2.29. The minimum Gasteiger partial charge on any atom is -0.391 e. The minimum atomic E-state index is -0.916. The average Bonchev–Trinajstić information content (AvgIpc) is 2.54. The first kappa shape index (κ1) is 19.8. The molecule has 1 saturated heterocycles. The third-order valence-corrected chi connectivity index (χ3v) is 5.13. The molecule has 25 heavy (non-hydrogen) atoms. The lowest BCUT2D eigenvalue weighted by atomic mass is 9.81. The molecule has 0 radical (unpaired) electrons. The van der Waals surface area contributed by atoms with Crippen LogP contribution in [0.3, 0.4) is 0 Å². The van der Waals surface area contributed by atoms with Crippen LogP contribution in [0, 0.1) is 0 Å². The Hall–Kier alpha value is -1.50. The number of piperidine rings is 1. The molecule has 6 heteroatoms. The van der Waals surface area contributed by atoms with Crippen LogP contribution in [0.5, 0.6) is 0 Å². The summed E-state index contributed by atoms with van der Waals surface area (Å²) in [6.07, 6.45) is 3.24. The van der Waals surface area contributed by atoms with Crippen molar-refractivity contribution in [1.82, 2.24) is 15.2 Å². The lowest BCUT2D eigenvalue weighted by Gasteiger charge is -2.47. The van der Waals surface area contributed by atoms with Crippen LogP contribution >= 0.6 is 0 Å². The van der Waals surface area contributed by atoms with Crippen molar-refractivity contribution >= 4 is 5.91 Å². The second-order valence-corrected chi connectivity index (χ2v) is 8.19. The first-order valence-electron chi connectivity index (χ1n) is 9.04. The molecule has 1 fully saturated rings. The molecular formula is C19H32N4O2. The van der Waals surface area contributed by atoms with Crippen molar-refractivity contribution in [3.8, 4) is 0 Å². The highest BCUT2D eigenvalue weighted by Gasteiger charge is 2.40. The van der Waals surface area contributed by atoms with E-state index in [0.29, 0.717) is 6.42 Å². The van der Waals surface area contributed by atoms with Crippen LogP contribution in [0.1, 0.15) is 46.2 Å². The van der Waals surface area contributed by atoms with E-state index in [-0.39, 0.29) is 17.0 Å². The molecule has 4 N–H and O–H groups in total. The normalized spacial score (nSPS) is 20.7. The molecule has 1 aliphatic rings. The van der Waals surface area contributed by atoms with Gasteiger partial charge in [0.25, 0.3) is 0 Å². The summed E-state index contributed by atoms with van der Waals surface area (Å²) in [4.78, 5) is 19.4. The van der Waals surface area contributed by atoms with Gasteiger partial charge in [-0.25, -0.2) is 0 Å². The molecule has 1 aliphatic heterocycles. The Kier molecular flexibility index (Phi) is 6.19. The summed E-state index contributed by atoms with van der Waals surface area (Å²) < 4.78 is 0. The predicted molar refractivity (Wildman–Crippen MR) is 99.0 cm³/mol. The predicted octanol–water partition coefficient (Wildman–Crippen LogP) is 1.08. The molecule has 0 spiro atoms. The molecule has 2 atom stereocenters. The van der Waals surface area contributed by atoms with E-state index in [1.165, 1.54) is 6.92 Å². The molecule has 0 aromatic carbocycles. The number of carbonyl (C=O) groups is 1. The molecule has 6 nitrogen and oxygen atoms in total. The number of hydrogen-bond acceptors (Lipinski definition) is 5.